The van der Waals surface area contributed by atoms with Crippen LogP contribution in [0.2, 0.25) is 0 Å². The first kappa shape index (κ1) is 26.7. The van der Waals surface area contributed by atoms with Gasteiger partial charge in [-0.05, 0) is 61.8 Å². The average Bonchev–Trinajstić information content (AvgIpc) is 3.78. The van der Waals surface area contributed by atoms with Crippen LogP contribution in [0, 0.1) is 18.7 Å². The molecular formula is C30H29FN4O7. The van der Waals surface area contributed by atoms with Gasteiger partial charge in [-0.25, -0.2) is 19.2 Å². The first-order chi connectivity index (χ1) is 20.1. The molecule has 4 heterocycles. The number of halogens is 1. The number of aliphatic hydroxyl groups excluding tert-OH is 1. The van der Waals surface area contributed by atoms with Crippen molar-refractivity contribution < 1.29 is 33.7 Å². The number of aliphatic hydroxyl groups is 2. The van der Waals surface area contributed by atoms with Gasteiger partial charge in [0, 0.05) is 28.5 Å². The van der Waals surface area contributed by atoms with E-state index >= 15 is 4.39 Å². The molecule has 4 aliphatic rings. The number of hydrogen-bond donors (Lipinski definition) is 3. The molecule has 11 nitrogen and oxygen atoms in total. The van der Waals surface area contributed by atoms with E-state index < -0.39 is 41.5 Å². The number of benzene rings is 1. The molecule has 0 spiro atoms. The van der Waals surface area contributed by atoms with Crippen LogP contribution in [0.25, 0.3) is 22.3 Å². The van der Waals surface area contributed by atoms with E-state index in [1.54, 1.807) is 19.9 Å². The number of amides is 2. The Morgan fingerprint density at radius 2 is 1.98 bits per heavy atom. The topological polar surface area (TPSA) is 151 Å². The SMILES string of the molecule is CC[C@@]1(O)C(=O)OCc2c1cc1n(c2=O)Cc2c-1nc1cc(F)c(C)c3c1c2[C@@H](N(NC(=O)C1CC1)C(=O)CO)CC3. The number of nitrogens with zero attached hydrogens (tertiary/aromatic N) is 3. The lowest BCUT2D eigenvalue weighted by Gasteiger charge is -2.37. The molecule has 0 saturated heterocycles. The number of carbonyl (C=O) groups excluding carboxylic acids is 3. The predicted octanol–water partition coefficient (Wildman–Crippen LogP) is 1.78. The average molecular weight is 577 g/mol. The molecular weight excluding hydrogens is 547 g/mol. The van der Waals surface area contributed by atoms with Gasteiger partial charge in [0.05, 0.1) is 35.1 Å². The fraction of sp³-hybridized carbons (Fsp3) is 0.433. The molecule has 0 bridgehead atoms. The Bertz CT molecular complexity index is 1810. The van der Waals surface area contributed by atoms with Gasteiger partial charge in [0.25, 0.3) is 11.5 Å². The third-order valence-corrected chi connectivity index (χ3v) is 9.24. The number of hydrazine groups is 1. The maximum atomic E-state index is 15.2. The maximum absolute atomic E-state index is 15.2. The number of cyclic esters (lactones) is 1. The van der Waals surface area contributed by atoms with E-state index in [4.69, 9.17) is 9.72 Å². The molecule has 2 atom stereocenters. The number of aryl methyl sites for hydroxylation is 1. The molecule has 42 heavy (non-hydrogen) atoms. The van der Waals surface area contributed by atoms with Gasteiger partial charge in [-0.1, -0.05) is 6.92 Å². The van der Waals surface area contributed by atoms with Gasteiger partial charge in [0.2, 0.25) is 5.91 Å². The Balaban J connectivity index is 1.49. The molecule has 0 radical (unpaired) electrons. The Labute approximate surface area is 238 Å². The van der Waals surface area contributed by atoms with E-state index in [2.05, 4.69) is 5.43 Å². The normalized spacial score (nSPS) is 21.8. The van der Waals surface area contributed by atoms with Crippen molar-refractivity contribution in [2.24, 2.45) is 5.92 Å². The highest BCUT2D eigenvalue weighted by Crippen LogP contribution is 2.47. The molecule has 2 aromatic heterocycles. The largest absolute Gasteiger partial charge is 0.458 e. The number of nitrogens with one attached hydrogen (secondary N) is 1. The lowest BCUT2D eigenvalue weighted by molar-refractivity contribution is -0.172. The fourth-order valence-corrected chi connectivity index (χ4v) is 6.73. The zero-order valence-electron chi connectivity index (χ0n) is 23.1. The van der Waals surface area contributed by atoms with Gasteiger partial charge < -0.3 is 19.5 Å². The molecule has 1 fully saturated rings. The summed E-state index contributed by atoms with van der Waals surface area (Å²) >= 11 is 0. The van der Waals surface area contributed by atoms with E-state index in [1.165, 1.54) is 15.6 Å². The quantitative estimate of drug-likeness (QED) is 0.246. The number of fused-ring (bicyclic) bond motifs is 5. The van der Waals surface area contributed by atoms with Gasteiger partial charge in [0.1, 0.15) is 19.0 Å². The summed E-state index contributed by atoms with van der Waals surface area (Å²) in [7, 11) is 0. The van der Waals surface area contributed by atoms with Gasteiger partial charge in [-0.3, -0.25) is 19.8 Å². The zero-order valence-corrected chi connectivity index (χ0v) is 23.1. The molecule has 0 unspecified atom stereocenters. The van der Waals surface area contributed by atoms with Crippen molar-refractivity contribution in [2.45, 2.75) is 70.7 Å². The molecule has 2 amide bonds. The predicted molar refractivity (Wildman–Crippen MR) is 145 cm³/mol. The molecule has 2 aliphatic carbocycles. The minimum atomic E-state index is -2.01. The first-order valence-electron chi connectivity index (χ1n) is 14.1. The Kier molecular flexibility index (Phi) is 5.83. The highest BCUT2D eigenvalue weighted by molar-refractivity contribution is 5.94. The second-order valence-electron chi connectivity index (χ2n) is 11.5. The van der Waals surface area contributed by atoms with Gasteiger partial charge in [-0.2, -0.15) is 0 Å². The van der Waals surface area contributed by atoms with Crippen molar-refractivity contribution in [3.05, 3.63) is 61.7 Å². The van der Waals surface area contributed by atoms with Crippen LogP contribution in [-0.4, -0.2) is 49.2 Å². The van der Waals surface area contributed by atoms with E-state index in [-0.39, 0.29) is 42.5 Å². The van der Waals surface area contributed by atoms with E-state index in [0.29, 0.717) is 64.7 Å². The zero-order chi connectivity index (χ0) is 29.7. The van der Waals surface area contributed by atoms with Crippen molar-refractivity contribution in [1.82, 2.24) is 20.0 Å². The number of pyridine rings is 2. The Morgan fingerprint density at radius 1 is 1.21 bits per heavy atom. The Hall–Kier alpha value is -4.16. The van der Waals surface area contributed by atoms with Crippen molar-refractivity contribution in [1.29, 1.82) is 0 Å². The molecule has 2 aliphatic heterocycles. The minimum absolute atomic E-state index is 0.0141. The summed E-state index contributed by atoms with van der Waals surface area (Å²) in [5.74, 6) is -2.49. The summed E-state index contributed by atoms with van der Waals surface area (Å²) in [6.45, 7) is 2.26. The highest BCUT2D eigenvalue weighted by Gasteiger charge is 2.46. The first-order valence-corrected chi connectivity index (χ1v) is 14.1. The van der Waals surface area contributed by atoms with Crippen molar-refractivity contribution >= 4 is 28.7 Å². The third-order valence-electron chi connectivity index (χ3n) is 9.24. The van der Waals surface area contributed by atoms with Gasteiger partial charge >= 0.3 is 5.97 Å². The summed E-state index contributed by atoms with van der Waals surface area (Å²) in [4.78, 5) is 57.1. The standard InChI is InChI=1S/C30H29FN4O7/c1-3-30(41)18-8-22-26-16(10-34(22)28(39)17(18)12-42-29(30)40)25-21(35(23(37)11-36)33-27(38)14-4-5-14)7-6-15-13(2)19(31)9-20(32-26)24(15)25/h8-9,14,21,36,41H,3-7,10-12H2,1-2H3,(H,33,38)/t21-,30-/m0/s1. The number of esters is 1. The summed E-state index contributed by atoms with van der Waals surface area (Å²) in [5, 5.41) is 22.9. The molecule has 3 aromatic rings. The van der Waals surface area contributed by atoms with Crippen LogP contribution in [0.5, 0.6) is 0 Å². The lowest BCUT2D eigenvalue weighted by atomic mass is 9.81. The summed E-state index contributed by atoms with van der Waals surface area (Å²) < 4.78 is 21.8. The van der Waals surface area contributed by atoms with Crippen LogP contribution in [0.1, 0.15) is 72.0 Å². The Morgan fingerprint density at radius 3 is 2.67 bits per heavy atom. The lowest BCUT2D eigenvalue weighted by Crippen LogP contribution is -2.50. The van der Waals surface area contributed by atoms with Crippen LogP contribution in [0.4, 0.5) is 4.39 Å². The van der Waals surface area contributed by atoms with E-state index in [1.807, 2.05) is 0 Å². The van der Waals surface area contributed by atoms with Crippen LogP contribution in [0.15, 0.2) is 16.9 Å². The van der Waals surface area contributed by atoms with Crippen molar-refractivity contribution in [3.8, 4) is 11.4 Å². The monoisotopic (exact) mass is 576 g/mol. The smallest absolute Gasteiger partial charge is 0.343 e. The van der Waals surface area contributed by atoms with E-state index in [9.17, 15) is 29.4 Å². The van der Waals surface area contributed by atoms with Gasteiger partial charge in [0.15, 0.2) is 5.60 Å². The number of ether oxygens (including phenoxy) is 1. The van der Waals surface area contributed by atoms with E-state index in [0.717, 1.165) is 5.56 Å². The highest BCUT2D eigenvalue weighted by atomic mass is 19.1. The molecule has 3 N–H and O–H groups in total. The summed E-state index contributed by atoms with van der Waals surface area (Å²) in [6.07, 6.45) is 2.15. The van der Waals surface area contributed by atoms with Crippen LogP contribution in [0.3, 0.4) is 0 Å². The molecule has 1 aromatic carbocycles. The number of carbonyl (C=O) groups is 3. The number of hydrogen-bond acceptors (Lipinski definition) is 8. The molecule has 12 heteroatoms. The molecule has 1 saturated carbocycles. The molecule has 218 valence electrons. The summed E-state index contributed by atoms with van der Waals surface area (Å²) in [6, 6.07) is 2.17. The number of rotatable bonds is 4. The maximum Gasteiger partial charge on any atom is 0.343 e. The van der Waals surface area contributed by atoms with Crippen molar-refractivity contribution in [3.63, 3.8) is 0 Å². The fourth-order valence-electron chi connectivity index (χ4n) is 6.73. The van der Waals surface area contributed by atoms with Crippen molar-refractivity contribution in [2.75, 3.05) is 6.61 Å². The molecule has 7 rings (SSSR count). The number of aromatic nitrogens is 2. The van der Waals surface area contributed by atoms with Gasteiger partial charge in [-0.15, -0.1) is 0 Å². The van der Waals surface area contributed by atoms with Crippen LogP contribution >= 0.6 is 0 Å². The summed E-state index contributed by atoms with van der Waals surface area (Å²) in [5.41, 5.74) is 4.05. The second kappa shape index (κ2) is 9.17. The third kappa shape index (κ3) is 3.61. The van der Waals surface area contributed by atoms with Crippen LogP contribution in [-0.2, 0) is 44.3 Å². The minimum Gasteiger partial charge on any atom is -0.458 e. The second-order valence-corrected chi connectivity index (χ2v) is 11.5. The van der Waals surface area contributed by atoms with Crippen LogP contribution < -0.4 is 11.0 Å².